The number of aliphatic hydroxyl groups excluding tert-OH is 1. The first-order chi connectivity index (χ1) is 8.06. The minimum atomic E-state index is -0.919. The Labute approximate surface area is 99.9 Å². The van der Waals surface area contributed by atoms with Crippen LogP contribution in [0.15, 0.2) is 16.3 Å². The summed E-state index contributed by atoms with van der Waals surface area (Å²) >= 11 is 0. The van der Waals surface area contributed by atoms with Crippen molar-refractivity contribution < 1.29 is 19.8 Å². The molecule has 94 valence electrons. The minimum Gasteiger partial charge on any atom is -0.511 e. The Morgan fingerprint density at radius 2 is 2.12 bits per heavy atom. The molecule has 0 radical (unpaired) electrons. The molecule has 17 heavy (non-hydrogen) atoms. The van der Waals surface area contributed by atoms with Crippen molar-refractivity contribution >= 4 is 17.5 Å². The van der Waals surface area contributed by atoms with Crippen molar-refractivity contribution in [3.05, 3.63) is 11.3 Å². The van der Waals surface area contributed by atoms with Gasteiger partial charge in [0, 0.05) is 25.1 Å². The molecule has 0 saturated carbocycles. The molecule has 0 amide bonds. The standard InChI is InChI=1S/C12H17NO4/c1-2-8(13-7-6-11(16)17)12-9(14)4-3-5-10(12)15/h14H,2-7H2,1H3,(H,16,17). The lowest BCUT2D eigenvalue weighted by Crippen LogP contribution is -2.19. The van der Waals surface area contributed by atoms with E-state index in [0.29, 0.717) is 37.0 Å². The first-order valence-corrected chi connectivity index (χ1v) is 5.77. The van der Waals surface area contributed by atoms with Crippen LogP contribution in [0.3, 0.4) is 0 Å². The molecule has 0 aromatic heterocycles. The monoisotopic (exact) mass is 239 g/mol. The fourth-order valence-corrected chi connectivity index (χ4v) is 1.81. The third-order valence-corrected chi connectivity index (χ3v) is 2.64. The Balaban J connectivity index is 2.85. The van der Waals surface area contributed by atoms with Crippen LogP contribution in [0.5, 0.6) is 0 Å². The van der Waals surface area contributed by atoms with Crippen LogP contribution < -0.4 is 0 Å². The van der Waals surface area contributed by atoms with Gasteiger partial charge >= 0.3 is 5.97 Å². The van der Waals surface area contributed by atoms with Crippen LogP contribution in [-0.2, 0) is 9.59 Å². The van der Waals surface area contributed by atoms with E-state index in [1.165, 1.54) is 0 Å². The number of carbonyl (C=O) groups excluding carboxylic acids is 1. The van der Waals surface area contributed by atoms with Gasteiger partial charge in [0.25, 0.3) is 0 Å². The lowest BCUT2D eigenvalue weighted by molar-refractivity contribution is -0.136. The van der Waals surface area contributed by atoms with Crippen LogP contribution >= 0.6 is 0 Å². The summed E-state index contributed by atoms with van der Waals surface area (Å²) in [6, 6.07) is 0. The second-order valence-electron chi connectivity index (χ2n) is 3.92. The molecule has 0 heterocycles. The van der Waals surface area contributed by atoms with Crippen LogP contribution in [0.25, 0.3) is 0 Å². The number of aliphatic hydroxyl groups is 1. The fourth-order valence-electron chi connectivity index (χ4n) is 1.81. The number of hydrogen-bond acceptors (Lipinski definition) is 4. The van der Waals surface area contributed by atoms with Gasteiger partial charge in [0.1, 0.15) is 5.76 Å². The summed E-state index contributed by atoms with van der Waals surface area (Å²) in [6.45, 7) is 1.98. The number of carboxylic acid groups (broad SMARTS) is 1. The van der Waals surface area contributed by atoms with Gasteiger partial charge in [-0.05, 0) is 12.8 Å². The maximum atomic E-state index is 11.7. The highest BCUT2D eigenvalue weighted by molar-refractivity contribution is 6.23. The van der Waals surface area contributed by atoms with Gasteiger partial charge in [-0.25, -0.2) is 0 Å². The SMILES string of the molecule is CCC(=NCCC(=O)O)C1=C(O)CCCC1=O. The summed E-state index contributed by atoms with van der Waals surface area (Å²) in [6.07, 6.45) is 2.05. The van der Waals surface area contributed by atoms with Crippen molar-refractivity contribution in [3.8, 4) is 0 Å². The van der Waals surface area contributed by atoms with Gasteiger partial charge < -0.3 is 10.2 Å². The molecule has 5 heteroatoms. The van der Waals surface area contributed by atoms with E-state index in [1.807, 2.05) is 6.92 Å². The Morgan fingerprint density at radius 1 is 1.41 bits per heavy atom. The largest absolute Gasteiger partial charge is 0.511 e. The van der Waals surface area contributed by atoms with Crippen molar-refractivity contribution in [3.63, 3.8) is 0 Å². The molecule has 0 aromatic rings. The highest BCUT2D eigenvalue weighted by atomic mass is 16.4. The fraction of sp³-hybridized carbons (Fsp3) is 0.583. The molecule has 5 nitrogen and oxygen atoms in total. The molecule has 2 N–H and O–H groups in total. The van der Waals surface area contributed by atoms with E-state index in [2.05, 4.69) is 4.99 Å². The number of nitrogens with zero attached hydrogens (tertiary/aromatic N) is 1. The zero-order valence-corrected chi connectivity index (χ0v) is 9.90. The van der Waals surface area contributed by atoms with Crippen LogP contribution in [0, 0.1) is 0 Å². The zero-order chi connectivity index (χ0) is 12.8. The summed E-state index contributed by atoms with van der Waals surface area (Å²) in [5.74, 6) is -0.917. The molecule has 0 fully saturated rings. The Hall–Kier alpha value is -1.65. The minimum absolute atomic E-state index is 0.0638. The quantitative estimate of drug-likeness (QED) is 0.717. The normalized spacial score (nSPS) is 17.5. The van der Waals surface area contributed by atoms with Crippen molar-refractivity contribution in [2.45, 2.75) is 39.0 Å². The molecular weight excluding hydrogens is 222 g/mol. The molecule has 1 aliphatic rings. The number of rotatable bonds is 5. The van der Waals surface area contributed by atoms with E-state index >= 15 is 0 Å². The molecule has 0 bridgehead atoms. The van der Waals surface area contributed by atoms with Gasteiger partial charge in [-0.3, -0.25) is 14.6 Å². The molecule has 0 aromatic carbocycles. The Bertz CT molecular complexity index is 382. The maximum absolute atomic E-state index is 11.7. The molecule has 0 aliphatic heterocycles. The summed E-state index contributed by atoms with van der Waals surface area (Å²) in [4.78, 5) is 26.2. The number of aliphatic carboxylic acids is 1. The Morgan fingerprint density at radius 3 is 2.65 bits per heavy atom. The number of carbonyl (C=O) groups is 2. The number of hydrogen-bond donors (Lipinski definition) is 2. The number of allylic oxidation sites excluding steroid dienone is 2. The summed E-state index contributed by atoms with van der Waals surface area (Å²) in [5.41, 5.74) is 0.831. The van der Waals surface area contributed by atoms with E-state index in [4.69, 9.17) is 5.11 Å². The molecule has 1 aliphatic carbocycles. The van der Waals surface area contributed by atoms with Crippen LogP contribution in [0.1, 0.15) is 39.0 Å². The van der Waals surface area contributed by atoms with Crippen molar-refractivity contribution in [2.24, 2.45) is 4.99 Å². The third kappa shape index (κ3) is 3.69. The second-order valence-corrected chi connectivity index (χ2v) is 3.92. The average molecular weight is 239 g/mol. The lowest BCUT2D eigenvalue weighted by atomic mass is 9.92. The highest BCUT2D eigenvalue weighted by Gasteiger charge is 2.23. The van der Waals surface area contributed by atoms with Gasteiger partial charge in [-0.15, -0.1) is 0 Å². The molecular formula is C12H17NO4. The lowest BCUT2D eigenvalue weighted by Gasteiger charge is -2.16. The average Bonchev–Trinajstić information content (AvgIpc) is 2.26. The smallest absolute Gasteiger partial charge is 0.305 e. The molecule has 0 unspecified atom stereocenters. The van der Waals surface area contributed by atoms with E-state index in [0.717, 1.165) is 0 Å². The number of aliphatic imine (C=N–C) groups is 1. The second kappa shape index (κ2) is 6.18. The number of ketones is 1. The molecule has 0 saturated heterocycles. The number of Topliss-reactive ketones (excluding diaryl/α,β-unsaturated/α-hetero) is 1. The van der Waals surface area contributed by atoms with Gasteiger partial charge in [-0.2, -0.15) is 0 Å². The first kappa shape index (κ1) is 13.4. The van der Waals surface area contributed by atoms with Gasteiger partial charge in [0.2, 0.25) is 0 Å². The predicted octanol–water partition coefficient (Wildman–Crippen LogP) is 1.88. The topological polar surface area (TPSA) is 87.0 Å². The van der Waals surface area contributed by atoms with E-state index in [9.17, 15) is 14.7 Å². The molecule has 1 rings (SSSR count). The van der Waals surface area contributed by atoms with Crippen LogP contribution in [0.2, 0.25) is 0 Å². The van der Waals surface area contributed by atoms with Crippen LogP contribution in [-0.4, -0.2) is 34.2 Å². The Kier molecular flexibility index (Phi) is 4.87. The van der Waals surface area contributed by atoms with Gasteiger partial charge in [0.05, 0.1) is 12.0 Å². The zero-order valence-electron chi connectivity index (χ0n) is 9.90. The summed E-state index contributed by atoms with van der Waals surface area (Å²) in [5, 5.41) is 18.2. The van der Waals surface area contributed by atoms with Crippen LogP contribution in [0.4, 0.5) is 0 Å². The molecule has 0 atom stereocenters. The third-order valence-electron chi connectivity index (χ3n) is 2.64. The van der Waals surface area contributed by atoms with Crippen molar-refractivity contribution in [1.29, 1.82) is 0 Å². The maximum Gasteiger partial charge on any atom is 0.305 e. The predicted molar refractivity (Wildman–Crippen MR) is 63.4 cm³/mol. The first-order valence-electron chi connectivity index (χ1n) is 5.77. The van der Waals surface area contributed by atoms with E-state index in [-0.39, 0.29) is 24.5 Å². The molecule has 0 spiro atoms. The van der Waals surface area contributed by atoms with E-state index in [1.54, 1.807) is 0 Å². The van der Waals surface area contributed by atoms with Gasteiger partial charge in [-0.1, -0.05) is 6.92 Å². The summed E-state index contributed by atoms with van der Waals surface area (Å²) in [7, 11) is 0. The van der Waals surface area contributed by atoms with Crippen molar-refractivity contribution in [1.82, 2.24) is 0 Å². The van der Waals surface area contributed by atoms with Gasteiger partial charge in [0.15, 0.2) is 5.78 Å². The number of carboxylic acids is 1. The summed E-state index contributed by atoms with van der Waals surface area (Å²) < 4.78 is 0. The van der Waals surface area contributed by atoms with E-state index < -0.39 is 5.97 Å². The van der Waals surface area contributed by atoms with Crippen molar-refractivity contribution in [2.75, 3.05) is 6.54 Å². The highest BCUT2D eigenvalue weighted by Crippen LogP contribution is 2.22.